The van der Waals surface area contributed by atoms with Crippen molar-refractivity contribution in [3.8, 4) is 6.07 Å². The quantitative estimate of drug-likeness (QED) is 0.734. The summed E-state index contributed by atoms with van der Waals surface area (Å²) in [4.78, 5) is 0. The van der Waals surface area contributed by atoms with Crippen molar-refractivity contribution >= 4 is 0 Å². The lowest BCUT2D eigenvalue weighted by atomic mass is 10.0. The Kier molecular flexibility index (Phi) is 2.09. The van der Waals surface area contributed by atoms with Gasteiger partial charge in [0.15, 0.2) is 0 Å². The van der Waals surface area contributed by atoms with Crippen LogP contribution in [0.25, 0.3) is 0 Å². The van der Waals surface area contributed by atoms with Gasteiger partial charge in [-0.05, 0) is 38.3 Å². The van der Waals surface area contributed by atoms with Crippen molar-refractivity contribution in [2.45, 2.75) is 37.8 Å². The molecule has 3 nitrogen and oxygen atoms in total. The Balaban J connectivity index is 2.36. The van der Waals surface area contributed by atoms with Crippen LogP contribution < -0.4 is 0 Å². The molecule has 1 aromatic heterocycles. The van der Waals surface area contributed by atoms with E-state index in [0.29, 0.717) is 5.69 Å². The summed E-state index contributed by atoms with van der Waals surface area (Å²) in [6.07, 6.45) is 4.68. The van der Waals surface area contributed by atoms with Crippen molar-refractivity contribution < 1.29 is 5.11 Å². The zero-order chi connectivity index (χ0) is 10.2. The van der Waals surface area contributed by atoms with E-state index < -0.39 is 5.60 Å². The number of aromatic nitrogens is 1. The van der Waals surface area contributed by atoms with E-state index >= 15 is 0 Å². The van der Waals surface area contributed by atoms with E-state index in [0.717, 1.165) is 19.3 Å². The molecule has 1 fully saturated rings. The molecule has 74 valence electrons. The molecule has 0 spiro atoms. The van der Waals surface area contributed by atoms with Crippen molar-refractivity contribution in [3.63, 3.8) is 0 Å². The smallest absolute Gasteiger partial charge is 0.120 e. The minimum atomic E-state index is -0.662. The third kappa shape index (κ3) is 1.32. The van der Waals surface area contributed by atoms with Crippen molar-refractivity contribution in [3.05, 3.63) is 24.0 Å². The molecule has 1 aliphatic rings. The predicted octanol–water partition coefficient (Wildman–Crippen LogP) is 1.84. The van der Waals surface area contributed by atoms with Crippen LogP contribution in [0.5, 0.6) is 0 Å². The minimum Gasteiger partial charge on any atom is -0.388 e. The van der Waals surface area contributed by atoms with Gasteiger partial charge in [-0.15, -0.1) is 0 Å². The monoisotopic (exact) mass is 190 g/mol. The number of nitrogens with zero attached hydrogens (tertiary/aromatic N) is 2. The molecule has 2 atom stereocenters. The molecule has 14 heavy (non-hydrogen) atoms. The van der Waals surface area contributed by atoms with Crippen LogP contribution in [0.1, 0.15) is 37.9 Å². The first-order chi connectivity index (χ1) is 6.65. The zero-order valence-corrected chi connectivity index (χ0v) is 8.27. The Morgan fingerprint density at radius 2 is 2.50 bits per heavy atom. The van der Waals surface area contributed by atoms with Crippen LogP contribution in [-0.4, -0.2) is 15.3 Å². The summed E-state index contributed by atoms with van der Waals surface area (Å²) in [7, 11) is 0. The fourth-order valence-electron chi connectivity index (χ4n) is 2.33. The summed E-state index contributed by atoms with van der Waals surface area (Å²) in [5.41, 5.74) is -0.0258. The van der Waals surface area contributed by atoms with Gasteiger partial charge in [0.2, 0.25) is 0 Å². The van der Waals surface area contributed by atoms with Gasteiger partial charge in [-0.25, -0.2) is 0 Å². The Labute approximate surface area is 83.6 Å². The van der Waals surface area contributed by atoms with Crippen molar-refractivity contribution in [2.75, 3.05) is 0 Å². The van der Waals surface area contributed by atoms with E-state index in [1.54, 1.807) is 6.07 Å². The van der Waals surface area contributed by atoms with Gasteiger partial charge >= 0.3 is 0 Å². The van der Waals surface area contributed by atoms with E-state index in [1.165, 1.54) is 0 Å². The van der Waals surface area contributed by atoms with Crippen LogP contribution in [-0.2, 0) is 0 Å². The maximum atomic E-state index is 10.1. The maximum absolute atomic E-state index is 10.1. The average molecular weight is 190 g/mol. The summed E-state index contributed by atoms with van der Waals surface area (Å²) in [5.74, 6) is 0. The summed E-state index contributed by atoms with van der Waals surface area (Å²) in [6.45, 7) is 1.85. The second kappa shape index (κ2) is 3.14. The standard InChI is InChI=1S/C11H14N2O/c1-11(14)6-2-5-10(11)13-7-3-4-9(13)8-12/h3-4,7,10,14H,2,5-6H2,1H3. The molecule has 0 saturated heterocycles. The predicted molar refractivity (Wildman–Crippen MR) is 52.7 cm³/mol. The van der Waals surface area contributed by atoms with E-state index in [9.17, 15) is 5.11 Å². The lowest BCUT2D eigenvalue weighted by molar-refractivity contribution is 0.0264. The van der Waals surface area contributed by atoms with Crippen LogP contribution >= 0.6 is 0 Å². The first kappa shape index (κ1) is 9.29. The Morgan fingerprint density at radius 3 is 3.07 bits per heavy atom. The highest BCUT2D eigenvalue weighted by atomic mass is 16.3. The largest absolute Gasteiger partial charge is 0.388 e. The maximum Gasteiger partial charge on any atom is 0.120 e. The zero-order valence-electron chi connectivity index (χ0n) is 8.27. The molecule has 1 saturated carbocycles. The third-order valence-electron chi connectivity index (χ3n) is 3.11. The number of aliphatic hydroxyl groups is 1. The van der Waals surface area contributed by atoms with Gasteiger partial charge < -0.3 is 9.67 Å². The topological polar surface area (TPSA) is 49.0 Å². The SMILES string of the molecule is CC1(O)CCCC1n1cccc1C#N. The minimum absolute atomic E-state index is 0.0622. The van der Waals surface area contributed by atoms with Gasteiger partial charge in [0.1, 0.15) is 11.8 Å². The van der Waals surface area contributed by atoms with E-state index in [2.05, 4.69) is 6.07 Å². The van der Waals surface area contributed by atoms with Crippen molar-refractivity contribution in [1.29, 1.82) is 5.26 Å². The highest BCUT2D eigenvalue weighted by Crippen LogP contribution is 2.39. The summed E-state index contributed by atoms with van der Waals surface area (Å²) in [5, 5.41) is 19.0. The second-order valence-electron chi connectivity index (χ2n) is 4.18. The Hall–Kier alpha value is -1.27. The van der Waals surface area contributed by atoms with E-state index in [4.69, 9.17) is 5.26 Å². The lowest BCUT2D eigenvalue weighted by Gasteiger charge is -2.27. The van der Waals surface area contributed by atoms with Gasteiger partial charge in [-0.2, -0.15) is 5.26 Å². The van der Waals surface area contributed by atoms with Gasteiger partial charge in [0.05, 0.1) is 11.6 Å². The Bertz CT molecular complexity index is 373. The molecule has 2 unspecified atom stereocenters. The molecular formula is C11H14N2O. The van der Waals surface area contributed by atoms with Gasteiger partial charge in [-0.3, -0.25) is 0 Å². The van der Waals surface area contributed by atoms with Gasteiger partial charge in [0, 0.05) is 6.20 Å². The van der Waals surface area contributed by atoms with Crippen LogP contribution in [0.2, 0.25) is 0 Å². The van der Waals surface area contributed by atoms with Crippen molar-refractivity contribution in [1.82, 2.24) is 4.57 Å². The van der Waals surface area contributed by atoms with Crippen LogP contribution in [0.4, 0.5) is 0 Å². The van der Waals surface area contributed by atoms with Crippen LogP contribution in [0.3, 0.4) is 0 Å². The molecule has 2 rings (SSSR count). The average Bonchev–Trinajstić information content (AvgIpc) is 2.69. The summed E-state index contributed by atoms with van der Waals surface area (Å²) < 4.78 is 1.90. The van der Waals surface area contributed by atoms with Gasteiger partial charge in [-0.1, -0.05) is 0 Å². The molecule has 0 radical (unpaired) electrons. The van der Waals surface area contributed by atoms with Gasteiger partial charge in [0.25, 0.3) is 0 Å². The molecule has 3 heteroatoms. The molecule has 1 aromatic rings. The number of nitriles is 1. The van der Waals surface area contributed by atoms with E-state index in [-0.39, 0.29) is 6.04 Å². The first-order valence-electron chi connectivity index (χ1n) is 4.94. The molecule has 1 N–H and O–H groups in total. The summed E-state index contributed by atoms with van der Waals surface area (Å²) in [6, 6.07) is 5.84. The van der Waals surface area contributed by atoms with Crippen LogP contribution in [0, 0.1) is 11.3 Å². The highest BCUT2D eigenvalue weighted by Gasteiger charge is 2.38. The van der Waals surface area contributed by atoms with E-state index in [1.807, 2.05) is 23.8 Å². The first-order valence-corrected chi connectivity index (χ1v) is 4.94. The summed E-state index contributed by atoms with van der Waals surface area (Å²) >= 11 is 0. The molecule has 0 amide bonds. The number of hydrogen-bond donors (Lipinski definition) is 1. The number of rotatable bonds is 1. The van der Waals surface area contributed by atoms with Crippen molar-refractivity contribution in [2.24, 2.45) is 0 Å². The molecule has 0 aliphatic heterocycles. The molecule has 1 aliphatic carbocycles. The highest BCUT2D eigenvalue weighted by molar-refractivity contribution is 5.24. The fourth-order valence-corrected chi connectivity index (χ4v) is 2.33. The fraction of sp³-hybridized carbons (Fsp3) is 0.545. The van der Waals surface area contributed by atoms with Crippen LogP contribution in [0.15, 0.2) is 18.3 Å². The number of hydrogen-bond acceptors (Lipinski definition) is 2. The second-order valence-corrected chi connectivity index (χ2v) is 4.18. The molecule has 1 heterocycles. The normalized spacial score (nSPS) is 31.6. The Morgan fingerprint density at radius 1 is 1.71 bits per heavy atom. The molecule has 0 aromatic carbocycles. The third-order valence-corrected chi connectivity index (χ3v) is 3.11. The molecular weight excluding hydrogens is 176 g/mol. The molecule has 0 bridgehead atoms. The lowest BCUT2D eigenvalue weighted by Crippen LogP contribution is -2.31.